The maximum atomic E-state index is 13.7. The molecule has 210 valence electrons. The van der Waals surface area contributed by atoms with Gasteiger partial charge in [-0.3, -0.25) is 14.3 Å². The average molecular weight is 545 g/mol. The van der Waals surface area contributed by atoms with E-state index in [0.717, 1.165) is 54.9 Å². The quantitative estimate of drug-likeness (QED) is 0.300. The SMILES string of the molecule is C[C@@H]1Cc2cc(/C(C=N)=C/N)ccc2C(c2ccc(NC3CN(CCCF)CC34CC4)cn2)N1CC(F)(F)F. The van der Waals surface area contributed by atoms with E-state index < -0.39 is 18.8 Å². The number of allylic oxidation sites excluding steroid dienone is 1. The van der Waals surface area contributed by atoms with Crippen molar-refractivity contribution in [2.45, 2.75) is 56.9 Å². The highest BCUT2D eigenvalue weighted by Gasteiger charge is 2.54. The first-order valence-corrected chi connectivity index (χ1v) is 13.6. The number of benzene rings is 1. The van der Waals surface area contributed by atoms with Crippen LogP contribution in [0.1, 0.15) is 54.6 Å². The van der Waals surface area contributed by atoms with Crippen molar-refractivity contribution in [2.75, 3.05) is 38.2 Å². The van der Waals surface area contributed by atoms with Crippen LogP contribution in [0.2, 0.25) is 0 Å². The molecule has 3 aliphatic rings. The molecular formula is C29H36F4N6. The lowest BCUT2D eigenvalue weighted by atomic mass is 9.85. The maximum absolute atomic E-state index is 13.7. The second kappa shape index (κ2) is 10.9. The van der Waals surface area contributed by atoms with Gasteiger partial charge in [-0.1, -0.05) is 18.2 Å². The molecule has 39 heavy (non-hydrogen) atoms. The smallest absolute Gasteiger partial charge is 0.401 e. The van der Waals surface area contributed by atoms with Gasteiger partial charge in [0, 0.05) is 55.1 Å². The summed E-state index contributed by atoms with van der Waals surface area (Å²) in [6.07, 6.45) is 3.19. The number of alkyl halides is 4. The van der Waals surface area contributed by atoms with Crippen molar-refractivity contribution in [3.8, 4) is 0 Å². The number of hydrogen-bond acceptors (Lipinski definition) is 6. The van der Waals surface area contributed by atoms with Gasteiger partial charge in [-0.15, -0.1) is 0 Å². The van der Waals surface area contributed by atoms with Crippen LogP contribution in [-0.2, 0) is 6.42 Å². The van der Waals surface area contributed by atoms with E-state index in [1.54, 1.807) is 12.3 Å². The fourth-order valence-corrected chi connectivity index (χ4v) is 6.35. The zero-order valence-corrected chi connectivity index (χ0v) is 22.1. The van der Waals surface area contributed by atoms with Crippen molar-refractivity contribution in [3.63, 3.8) is 0 Å². The molecule has 0 radical (unpaired) electrons. The van der Waals surface area contributed by atoms with Crippen molar-refractivity contribution in [2.24, 2.45) is 11.1 Å². The molecule has 1 spiro atoms. The van der Waals surface area contributed by atoms with Gasteiger partial charge in [0.25, 0.3) is 0 Å². The zero-order valence-electron chi connectivity index (χ0n) is 22.1. The van der Waals surface area contributed by atoms with Gasteiger partial charge in [-0.05, 0) is 61.4 Å². The van der Waals surface area contributed by atoms with E-state index in [2.05, 4.69) is 15.2 Å². The molecule has 10 heteroatoms. The van der Waals surface area contributed by atoms with Crippen LogP contribution in [0, 0.1) is 10.8 Å². The topological polar surface area (TPSA) is 81.3 Å². The number of nitrogens with one attached hydrogen (secondary N) is 2. The highest BCUT2D eigenvalue weighted by molar-refractivity contribution is 6.08. The van der Waals surface area contributed by atoms with Crippen molar-refractivity contribution in [1.82, 2.24) is 14.8 Å². The largest absolute Gasteiger partial charge is 0.404 e. The lowest BCUT2D eigenvalue weighted by Gasteiger charge is -2.42. The molecular weight excluding hydrogens is 508 g/mol. The van der Waals surface area contributed by atoms with E-state index in [-0.39, 0.29) is 24.2 Å². The Morgan fingerprint density at radius 3 is 2.67 bits per heavy atom. The van der Waals surface area contributed by atoms with E-state index >= 15 is 0 Å². The van der Waals surface area contributed by atoms with Crippen LogP contribution in [0.4, 0.5) is 23.2 Å². The number of rotatable bonds is 9. The Morgan fingerprint density at radius 1 is 1.26 bits per heavy atom. The van der Waals surface area contributed by atoms with Crippen LogP contribution in [0.3, 0.4) is 0 Å². The molecule has 1 saturated heterocycles. The van der Waals surface area contributed by atoms with Crippen molar-refractivity contribution < 1.29 is 17.6 Å². The zero-order chi connectivity index (χ0) is 27.8. The number of pyridine rings is 1. The Bertz CT molecular complexity index is 1210. The van der Waals surface area contributed by atoms with Gasteiger partial charge in [0.15, 0.2) is 0 Å². The standard InChI is InChI=1S/C29H36F4N6/c1-19-11-21-12-20(22(13-34)14-35)3-5-24(21)27(39(19)18-29(31,32)33)25-6-4-23(15-36-25)37-26-16-38(10-2-9-30)17-28(26)7-8-28/h3-6,12-15,19,26-27,34,37H,2,7-11,16-18,35H2,1H3/b22-14+,34-13?/t19-,26?,27?/m1/s1. The minimum atomic E-state index is -4.35. The predicted molar refractivity (Wildman–Crippen MR) is 146 cm³/mol. The second-order valence-electron chi connectivity index (χ2n) is 11.2. The van der Waals surface area contributed by atoms with Crippen LogP contribution >= 0.6 is 0 Å². The molecule has 1 aromatic heterocycles. The monoisotopic (exact) mass is 544 g/mol. The minimum absolute atomic E-state index is 0.223. The molecule has 6 nitrogen and oxygen atoms in total. The highest BCUT2D eigenvalue weighted by atomic mass is 19.4. The Morgan fingerprint density at radius 2 is 2.05 bits per heavy atom. The predicted octanol–water partition coefficient (Wildman–Crippen LogP) is 5.16. The van der Waals surface area contributed by atoms with Crippen molar-refractivity contribution in [1.29, 1.82) is 5.41 Å². The number of likely N-dealkylation sites (tertiary alicyclic amines) is 1. The molecule has 2 aliphatic heterocycles. The number of halogens is 4. The van der Waals surface area contributed by atoms with Crippen LogP contribution in [0.15, 0.2) is 42.7 Å². The Hall–Kier alpha value is -2.98. The molecule has 1 saturated carbocycles. The van der Waals surface area contributed by atoms with E-state index in [1.165, 1.54) is 17.3 Å². The van der Waals surface area contributed by atoms with Gasteiger partial charge in [-0.25, -0.2) is 0 Å². The summed E-state index contributed by atoms with van der Waals surface area (Å²) in [5, 5.41) is 11.2. The van der Waals surface area contributed by atoms with Crippen LogP contribution in [0.5, 0.6) is 0 Å². The van der Waals surface area contributed by atoms with Gasteiger partial charge in [0.05, 0.1) is 36.8 Å². The summed E-state index contributed by atoms with van der Waals surface area (Å²) >= 11 is 0. The Labute approximate surface area is 226 Å². The molecule has 2 fully saturated rings. The fraction of sp³-hybridized carbons (Fsp3) is 0.517. The Balaban J connectivity index is 1.41. The lowest BCUT2D eigenvalue weighted by Crippen LogP contribution is -2.47. The molecule has 2 aromatic rings. The molecule has 3 atom stereocenters. The summed E-state index contributed by atoms with van der Waals surface area (Å²) < 4.78 is 53.7. The van der Waals surface area contributed by atoms with Gasteiger partial charge in [-0.2, -0.15) is 13.2 Å². The van der Waals surface area contributed by atoms with Gasteiger partial charge >= 0.3 is 6.18 Å². The van der Waals surface area contributed by atoms with Crippen LogP contribution in [-0.4, -0.2) is 72.1 Å². The normalized spacial score (nSPS) is 25.1. The molecule has 0 amide bonds. The highest BCUT2D eigenvalue weighted by Crippen LogP contribution is 2.53. The summed E-state index contributed by atoms with van der Waals surface area (Å²) in [5.41, 5.74) is 10.3. The summed E-state index contributed by atoms with van der Waals surface area (Å²) in [4.78, 5) is 8.48. The average Bonchev–Trinajstić information content (AvgIpc) is 3.60. The first-order valence-electron chi connectivity index (χ1n) is 13.6. The molecule has 2 unspecified atom stereocenters. The molecule has 4 N–H and O–H groups in total. The van der Waals surface area contributed by atoms with E-state index in [1.807, 2.05) is 31.2 Å². The number of hydrogen-bond donors (Lipinski definition) is 3. The van der Waals surface area contributed by atoms with Gasteiger partial charge in [0.2, 0.25) is 0 Å². The summed E-state index contributed by atoms with van der Waals surface area (Å²) in [5.74, 6) is 0. The number of anilines is 1. The summed E-state index contributed by atoms with van der Waals surface area (Å²) in [6.45, 7) is 3.05. The third-order valence-electron chi connectivity index (χ3n) is 8.51. The second-order valence-corrected chi connectivity index (χ2v) is 11.2. The summed E-state index contributed by atoms with van der Waals surface area (Å²) in [7, 11) is 0. The third kappa shape index (κ3) is 5.82. The molecule has 5 rings (SSSR count). The van der Waals surface area contributed by atoms with Crippen molar-refractivity contribution >= 4 is 17.5 Å². The fourth-order valence-electron chi connectivity index (χ4n) is 6.35. The van der Waals surface area contributed by atoms with Crippen LogP contribution in [0.25, 0.3) is 5.57 Å². The van der Waals surface area contributed by atoms with Crippen molar-refractivity contribution in [3.05, 3.63) is 65.1 Å². The number of nitrogens with two attached hydrogens (primary N) is 1. The van der Waals surface area contributed by atoms with E-state index in [4.69, 9.17) is 11.1 Å². The van der Waals surface area contributed by atoms with E-state index in [9.17, 15) is 17.6 Å². The lowest BCUT2D eigenvalue weighted by molar-refractivity contribution is -0.155. The van der Waals surface area contributed by atoms with Crippen LogP contribution < -0.4 is 11.1 Å². The number of fused-ring (bicyclic) bond motifs is 1. The van der Waals surface area contributed by atoms with Gasteiger partial charge in [0.1, 0.15) is 0 Å². The number of nitrogens with zero attached hydrogens (tertiary/aromatic N) is 3. The maximum Gasteiger partial charge on any atom is 0.401 e. The molecule has 1 aliphatic carbocycles. The number of aromatic nitrogens is 1. The third-order valence-corrected chi connectivity index (χ3v) is 8.51. The molecule has 1 aromatic carbocycles. The first kappa shape index (κ1) is 27.6. The van der Waals surface area contributed by atoms with Gasteiger partial charge < -0.3 is 21.4 Å². The first-order chi connectivity index (χ1) is 18.7. The molecule has 3 heterocycles. The van der Waals surface area contributed by atoms with E-state index in [0.29, 0.717) is 24.1 Å². The minimum Gasteiger partial charge on any atom is -0.404 e. The Kier molecular flexibility index (Phi) is 7.70. The molecule has 0 bridgehead atoms. The summed E-state index contributed by atoms with van der Waals surface area (Å²) in [6, 6.07) is 8.52.